The molecule has 0 unspecified atom stereocenters. The van der Waals surface area contributed by atoms with Gasteiger partial charge >= 0.3 is 0 Å². The van der Waals surface area contributed by atoms with E-state index in [2.05, 4.69) is 5.32 Å². The number of hydrogen-bond acceptors (Lipinski definition) is 4. The van der Waals surface area contributed by atoms with Gasteiger partial charge in [0.05, 0.1) is 10.6 Å². The van der Waals surface area contributed by atoms with Gasteiger partial charge in [0.2, 0.25) is 11.8 Å². The van der Waals surface area contributed by atoms with Crippen LogP contribution in [0.15, 0.2) is 71.6 Å². The van der Waals surface area contributed by atoms with Crippen molar-refractivity contribution in [1.29, 1.82) is 0 Å². The van der Waals surface area contributed by atoms with E-state index in [1.807, 2.05) is 26.8 Å². The highest BCUT2D eigenvalue weighted by Crippen LogP contribution is 2.28. The maximum Gasteiger partial charge on any atom is 0.264 e. The monoisotopic (exact) mass is 567 g/mol. The predicted octanol–water partition coefficient (Wildman–Crippen LogP) is 5.28. The number of hydrogen-bond donors (Lipinski definition) is 1. The van der Waals surface area contributed by atoms with Crippen LogP contribution in [-0.4, -0.2) is 44.3 Å². The molecule has 0 aliphatic heterocycles. The van der Waals surface area contributed by atoms with Crippen LogP contribution in [-0.2, 0) is 26.2 Å². The van der Waals surface area contributed by atoms with Crippen molar-refractivity contribution < 1.29 is 22.4 Å². The average Bonchev–Trinajstić information content (AvgIpc) is 2.91. The second-order valence-corrected chi connectivity index (χ2v) is 11.9. The summed E-state index contributed by atoms with van der Waals surface area (Å²) in [6.45, 7) is 8.78. The highest BCUT2D eigenvalue weighted by Gasteiger charge is 2.33. The van der Waals surface area contributed by atoms with Gasteiger partial charge in [-0.3, -0.25) is 13.9 Å². The topological polar surface area (TPSA) is 86.8 Å². The molecule has 1 N–H and O–H groups in total. The molecule has 0 saturated carbocycles. The van der Waals surface area contributed by atoms with Crippen LogP contribution in [0.3, 0.4) is 0 Å². The molecule has 0 aliphatic rings. The summed E-state index contributed by atoms with van der Waals surface area (Å²) in [5.41, 5.74) is 3.09. The first kappa shape index (κ1) is 30.8. The van der Waals surface area contributed by atoms with Crippen LogP contribution in [0.25, 0.3) is 0 Å². The Morgan fingerprint density at radius 2 is 1.60 bits per heavy atom. The quantitative estimate of drug-likeness (QED) is 0.302. The van der Waals surface area contributed by atoms with Gasteiger partial charge in [0.25, 0.3) is 10.0 Å². The van der Waals surface area contributed by atoms with Crippen LogP contribution in [0.1, 0.15) is 48.9 Å². The molecule has 0 radical (unpaired) electrons. The fourth-order valence-electron chi connectivity index (χ4n) is 4.36. The van der Waals surface area contributed by atoms with Crippen molar-refractivity contribution in [3.63, 3.8) is 0 Å². The molecule has 0 aromatic heterocycles. The fraction of sp³-hybridized carbons (Fsp3) is 0.355. The minimum Gasteiger partial charge on any atom is -0.354 e. The smallest absolute Gasteiger partial charge is 0.264 e. The van der Waals surface area contributed by atoms with Gasteiger partial charge in [-0.1, -0.05) is 66.9 Å². The van der Waals surface area contributed by atoms with Gasteiger partial charge in [-0.2, -0.15) is 0 Å². The maximum absolute atomic E-state index is 14.6. The van der Waals surface area contributed by atoms with Crippen LogP contribution >= 0.6 is 0 Å². The van der Waals surface area contributed by atoms with Crippen molar-refractivity contribution in [2.45, 2.75) is 64.9 Å². The van der Waals surface area contributed by atoms with Crippen LogP contribution in [0, 0.1) is 26.6 Å². The van der Waals surface area contributed by atoms with E-state index in [9.17, 15) is 22.4 Å². The average molecular weight is 568 g/mol. The Bertz CT molecular complexity index is 1440. The molecular formula is C31H38FN3O4S. The van der Waals surface area contributed by atoms with Crippen LogP contribution in [0.4, 0.5) is 10.1 Å². The third kappa shape index (κ3) is 7.47. The summed E-state index contributed by atoms with van der Waals surface area (Å²) in [6.07, 6.45) is 1.66. The Morgan fingerprint density at radius 1 is 0.950 bits per heavy atom. The molecule has 1 atom stereocenters. The van der Waals surface area contributed by atoms with Crippen molar-refractivity contribution >= 4 is 27.5 Å². The van der Waals surface area contributed by atoms with Gasteiger partial charge in [0, 0.05) is 18.7 Å². The van der Waals surface area contributed by atoms with Crippen molar-refractivity contribution in [2.75, 3.05) is 17.4 Å². The summed E-state index contributed by atoms with van der Waals surface area (Å²) >= 11 is 0. The number of nitrogens with zero attached hydrogens (tertiary/aromatic N) is 2. The Labute approximate surface area is 237 Å². The number of carbonyl (C=O) groups excluding carboxylic acids is 2. The number of unbranched alkanes of at least 4 members (excludes halogenated alkanes) is 1. The number of benzene rings is 3. The summed E-state index contributed by atoms with van der Waals surface area (Å²) < 4.78 is 43.6. The summed E-state index contributed by atoms with van der Waals surface area (Å²) in [7, 11) is -4.17. The van der Waals surface area contributed by atoms with Crippen LogP contribution < -0.4 is 9.62 Å². The second kappa shape index (κ2) is 13.6. The minimum atomic E-state index is -4.17. The number of nitrogens with one attached hydrogen (secondary N) is 1. The predicted molar refractivity (Wildman–Crippen MR) is 156 cm³/mol. The molecule has 0 fully saturated rings. The molecule has 0 spiro atoms. The van der Waals surface area contributed by atoms with Crippen LogP contribution in [0.5, 0.6) is 0 Å². The Kier molecular flexibility index (Phi) is 10.5. The van der Waals surface area contributed by atoms with E-state index in [0.29, 0.717) is 17.8 Å². The molecule has 3 rings (SSSR count). The molecule has 0 heterocycles. The van der Waals surface area contributed by atoms with Crippen LogP contribution in [0.2, 0.25) is 0 Å². The molecule has 9 heteroatoms. The largest absolute Gasteiger partial charge is 0.354 e. The molecule has 0 aliphatic carbocycles. The number of amides is 2. The zero-order valence-electron chi connectivity index (χ0n) is 23.8. The molecular weight excluding hydrogens is 529 g/mol. The summed E-state index contributed by atoms with van der Waals surface area (Å²) in [5.74, 6) is -1.54. The molecule has 7 nitrogen and oxygen atoms in total. The summed E-state index contributed by atoms with van der Waals surface area (Å²) in [5, 5.41) is 2.82. The SMILES string of the molecule is CCCCNC(=O)[C@H](C)N(Cc1ccccc1F)C(=O)CN(c1ccc(C)cc1C)S(=O)(=O)c1ccc(C)cc1. The van der Waals surface area contributed by atoms with Gasteiger partial charge in [-0.05, 0) is 63.9 Å². The number of anilines is 1. The molecule has 3 aromatic rings. The van der Waals surface area contributed by atoms with Crippen molar-refractivity contribution in [3.8, 4) is 0 Å². The first-order valence-electron chi connectivity index (χ1n) is 13.4. The molecule has 40 heavy (non-hydrogen) atoms. The van der Waals surface area contributed by atoms with Gasteiger partial charge < -0.3 is 10.2 Å². The second-order valence-electron chi connectivity index (χ2n) is 10.0. The lowest BCUT2D eigenvalue weighted by atomic mass is 10.1. The molecule has 2 amide bonds. The van der Waals surface area contributed by atoms with E-state index in [4.69, 9.17) is 0 Å². The van der Waals surface area contributed by atoms with Gasteiger partial charge in [0.1, 0.15) is 18.4 Å². The zero-order chi connectivity index (χ0) is 29.4. The van der Waals surface area contributed by atoms with E-state index < -0.39 is 40.2 Å². The minimum absolute atomic E-state index is 0.0388. The Balaban J connectivity index is 2.04. The van der Waals surface area contributed by atoms with Gasteiger partial charge in [0.15, 0.2) is 0 Å². The Hall–Kier alpha value is -3.72. The van der Waals surface area contributed by atoms with E-state index in [0.717, 1.165) is 28.3 Å². The molecule has 0 saturated heterocycles. The van der Waals surface area contributed by atoms with E-state index in [-0.39, 0.29) is 17.0 Å². The van der Waals surface area contributed by atoms with E-state index in [1.54, 1.807) is 56.3 Å². The zero-order valence-corrected chi connectivity index (χ0v) is 24.6. The normalized spacial score (nSPS) is 12.1. The fourth-order valence-corrected chi connectivity index (χ4v) is 5.84. The van der Waals surface area contributed by atoms with Gasteiger partial charge in [-0.15, -0.1) is 0 Å². The summed E-state index contributed by atoms with van der Waals surface area (Å²) in [6, 6.07) is 16.8. The number of rotatable bonds is 12. The highest BCUT2D eigenvalue weighted by atomic mass is 32.2. The number of sulfonamides is 1. The van der Waals surface area contributed by atoms with Crippen molar-refractivity contribution in [2.24, 2.45) is 0 Å². The third-order valence-electron chi connectivity index (χ3n) is 6.80. The van der Waals surface area contributed by atoms with E-state index in [1.165, 1.54) is 23.1 Å². The first-order valence-corrected chi connectivity index (χ1v) is 14.9. The third-order valence-corrected chi connectivity index (χ3v) is 8.58. The van der Waals surface area contributed by atoms with Crippen molar-refractivity contribution in [3.05, 3.63) is 94.8 Å². The lowest BCUT2D eigenvalue weighted by Crippen LogP contribution is -2.51. The standard InChI is InChI=1S/C31H38FN3O4S/c1-6-7-18-33-31(37)25(5)34(20-26-10-8-9-11-28(26)32)30(36)21-35(29-17-14-23(3)19-24(29)4)40(38,39)27-15-12-22(2)13-16-27/h8-17,19,25H,6-7,18,20-21H2,1-5H3,(H,33,37)/t25-/m0/s1. The van der Waals surface area contributed by atoms with Gasteiger partial charge in [-0.25, -0.2) is 12.8 Å². The number of carbonyl (C=O) groups is 2. The highest BCUT2D eigenvalue weighted by molar-refractivity contribution is 7.92. The Morgan fingerprint density at radius 3 is 2.23 bits per heavy atom. The lowest BCUT2D eigenvalue weighted by molar-refractivity contribution is -0.139. The summed E-state index contributed by atoms with van der Waals surface area (Å²) in [4.78, 5) is 28.2. The number of aryl methyl sites for hydroxylation is 3. The molecule has 0 bridgehead atoms. The van der Waals surface area contributed by atoms with Crippen molar-refractivity contribution in [1.82, 2.24) is 10.2 Å². The number of halogens is 1. The molecule has 3 aromatic carbocycles. The molecule has 214 valence electrons. The lowest BCUT2D eigenvalue weighted by Gasteiger charge is -2.32. The van der Waals surface area contributed by atoms with E-state index >= 15 is 0 Å². The maximum atomic E-state index is 14.6. The first-order chi connectivity index (χ1) is 18.9.